The Labute approximate surface area is 204 Å². The summed E-state index contributed by atoms with van der Waals surface area (Å²) < 4.78 is 17.4. The van der Waals surface area contributed by atoms with E-state index >= 15 is 0 Å². The van der Waals surface area contributed by atoms with Crippen molar-refractivity contribution in [2.75, 3.05) is 21.3 Å². The third-order valence-electron chi connectivity index (χ3n) is 7.17. The quantitative estimate of drug-likeness (QED) is 0.0925. The van der Waals surface area contributed by atoms with E-state index in [4.69, 9.17) is 13.3 Å². The summed E-state index contributed by atoms with van der Waals surface area (Å²) in [5.41, 5.74) is 0.449. The van der Waals surface area contributed by atoms with Crippen LogP contribution in [0.3, 0.4) is 0 Å². The van der Waals surface area contributed by atoms with Gasteiger partial charge in [0, 0.05) is 26.9 Å². The van der Waals surface area contributed by atoms with E-state index in [9.17, 15) is 0 Å². The SMILES string of the molecule is CCCCCCCCCCCCCCCCCCCC(CCCCC)[Si](OC)(OC)OC. The fourth-order valence-electron chi connectivity index (χ4n) is 5.00. The van der Waals surface area contributed by atoms with Crippen LogP contribution in [0.2, 0.25) is 5.54 Å². The van der Waals surface area contributed by atoms with E-state index in [1.165, 1.54) is 141 Å². The van der Waals surface area contributed by atoms with Gasteiger partial charge in [0.15, 0.2) is 0 Å². The van der Waals surface area contributed by atoms with E-state index in [0.29, 0.717) is 5.54 Å². The molecule has 32 heavy (non-hydrogen) atoms. The van der Waals surface area contributed by atoms with Gasteiger partial charge in [0.2, 0.25) is 0 Å². The molecule has 0 aromatic rings. The molecule has 0 amide bonds. The summed E-state index contributed by atoms with van der Waals surface area (Å²) in [6.45, 7) is 4.56. The lowest BCUT2D eigenvalue weighted by Gasteiger charge is -2.32. The average Bonchev–Trinajstić information content (AvgIpc) is 2.82. The highest BCUT2D eigenvalue weighted by Gasteiger charge is 2.46. The smallest absolute Gasteiger partial charge is 0.377 e. The number of hydrogen-bond donors (Lipinski definition) is 0. The molecule has 0 aliphatic heterocycles. The monoisotopic (exact) mass is 472 g/mol. The molecular formula is C28H60O3Si. The molecule has 0 heterocycles. The maximum Gasteiger partial charge on any atom is 0.503 e. The Bertz CT molecular complexity index is 352. The van der Waals surface area contributed by atoms with Crippen LogP contribution >= 0.6 is 0 Å². The predicted molar refractivity (Wildman–Crippen MR) is 143 cm³/mol. The highest BCUT2D eigenvalue weighted by Crippen LogP contribution is 2.34. The van der Waals surface area contributed by atoms with Gasteiger partial charge in [-0.1, -0.05) is 142 Å². The lowest BCUT2D eigenvalue weighted by atomic mass is 10.0. The zero-order chi connectivity index (χ0) is 23.8. The Morgan fingerprint density at radius 1 is 0.406 bits per heavy atom. The minimum Gasteiger partial charge on any atom is -0.377 e. The van der Waals surface area contributed by atoms with Crippen LogP contribution in [-0.2, 0) is 13.3 Å². The van der Waals surface area contributed by atoms with Crippen LogP contribution < -0.4 is 0 Å². The van der Waals surface area contributed by atoms with Crippen molar-refractivity contribution in [1.82, 2.24) is 0 Å². The standard InChI is InChI=1S/C28H60O3Si/c1-6-8-10-11-12-13-14-15-16-17-18-19-20-21-22-23-25-27-28(26-24-9-7-2)32(29-3,30-4)31-5/h28H,6-27H2,1-5H3. The molecule has 1 unspecified atom stereocenters. The molecule has 0 aliphatic carbocycles. The van der Waals surface area contributed by atoms with Crippen LogP contribution in [0, 0.1) is 0 Å². The van der Waals surface area contributed by atoms with Crippen LogP contribution in [0.1, 0.15) is 155 Å². The van der Waals surface area contributed by atoms with Gasteiger partial charge in [-0.25, -0.2) is 0 Å². The van der Waals surface area contributed by atoms with Crippen LogP contribution in [0.5, 0.6) is 0 Å². The Hall–Kier alpha value is 0.0969. The van der Waals surface area contributed by atoms with E-state index in [0.717, 1.165) is 0 Å². The third-order valence-corrected chi connectivity index (χ3v) is 10.5. The van der Waals surface area contributed by atoms with Crippen molar-refractivity contribution in [1.29, 1.82) is 0 Å². The van der Waals surface area contributed by atoms with Crippen molar-refractivity contribution in [3.8, 4) is 0 Å². The largest absolute Gasteiger partial charge is 0.503 e. The second kappa shape index (κ2) is 24.2. The fourth-order valence-corrected chi connectivity index (χ4v) is 7.62. The minimum absolute atomic E-state index is 0.449. The van der Waals surface area contributed by atoms with Gasteiger partial charge < -0.3 is 13.3 Å². The topological polar surface area (TPSA) is 27.7 Å². The Balaban J connectivity index is 3.66. The molecule has 0 saturated carbocycles. The van der Waals surface area contributed by atoms with Crippen molar-refractivity contribution in [2.45, 2.75) is 161 Å². The van der Waals surface area contributed by atoms with Gasteiger partial charge in [-0.3, -0.25) is 0 Å². The minimum atomic E-state index is -2.51. The molecule has 0 aromatic heterocycles. The molecule has 0 saturated heterocycles. The number of unbranched alkanes of at least 4 members (excludes halogenated alkanes) is 18. The highest BCUT2D eigenvalue weighted by atomic mass is 28.4. The lowest BCUT2D eigenvalue weighted by Crippen LogP contribution is -2.47. The summed E-state index contributed by atoms with van der Waals surface area (Å²) in [6.07, 6.45) is 30.3. The summed E-state index contributed by atoms with van der Waals surface area (Å²) in [5.74, 6) is 0. The molecule has 0 rings (SSSR count). The molecule has 0 N–H and O–H groups in total. The van der Waals surface area contributed by atoms with Gasteiger partial charge in [-0.15, -0.1) is 0 Å². The van der Waals surface area contributed by atoms with Crippen LogP contribution in [0.4, 0.5) is 0 Å². The van der Waals surface area contributed by atoms with Crippen molar-refractivity contribution in [3.63, 3.8) is 0 Å². The fraction of sp³-hybridized carbons (Fsp3) is 1.00. The summed E-state index contributed by atoms with van der Waals surface area (Å²) in [4.78, 5) is 0. The lowest BCUT2D eigenvalue weighted by molar-refractivity contribution is 0.107. The van der Waals surface area contributed by atoms with Crippen molar-refractivity contribution in [3.05, 3.63) is 0 Å². The Morgan fingerprint density at radius 3 is 0.969 bits per heavy atom. The maximum atomic E-state index is 5.81. The first kappa shape index (κ1) is 32.1. The molecule has 0 aliphatic rings. The van der Waals surface area contributed by atoms with Gasteiger partial charge in [0.05, 0.1) is 0 Å². The molecule has 194 valence electrons. The molecule has 0 aromatic carbocycles. The summed E-state index contributed by atoms with van der Waals surface area (Å²) in [7, 11) is 2.79. The van der Waals surface area contributed by atoms with E-state index in [1.807, 2.05) is 0 Å². The Kier molecular flexibility index (Phi) is 24.3. The van der Waals surface area contributed by atoms with E-state index in [1.54, 1.807) is 21.3 Å². The Morgan fingerprint density at radius 2 is 0.656 bits per heavy atom. The van der Waals surface area contributed by atoms with E-state index < -0.39 is 8.80 Å². The summed E-state index contributed by atoms with van der Waals surface area (Å²) in [5, 5.41) is 0. The van der Waals surface area contributed by atoms with E-state index in [-0.39, 0.29) is 0 Å². The van der Waals surface area contributed by atoms with Gasteiger partial charge in [0.1, 0.15) is 0 Å². The molecule has 0 bridgehead atoms. The molecule has 3 nitrogen and oxygen atoms in total. The maximum absolute atomic E-state index is 5.81. The number of rotatable bonds is 26. The second-order valence-electron chi connectivity index (χ2n) is 9.85. The zero-order valence-electron chi connectivity index (χ0n) is 22.9. The molecular weight excluding hydrogens is 412 g/mol. The van der Waals surface area contributed by atoms with Gasteiger partial charge in [0.25, 0.3) is 0 Å². The third kappa shape index (κ3) is 16.7. The van der Waals surface area contributed by atoms with Gasteiger partial charge in [-0.05, 0) is 12.8 Å². The molecule has 1 atom stereocenters. The van der Waals surface area contributed by atoms with Gasteiger partial charge >= 0.3 is 8.80 Å². The predicted octanol–water partition coefficient (Wildman–Crippen LogP) is 9.86. The molecule has 0 radical (unpaired) electrons. The van der Waals surface area contributed by atoms with E-state index in [2.05, 4.69) is 13.8 Å². The van der Waals surface area contributed by atoms with Crippen molar-refractivity contribution < 1.29 is 13.3 Å². The van der Waals surface area contributed by atoms with Crippen LogP contribution in [0.15, 0.2) is 0 Å². The zero-order valence-corrected chi connectivity index (χ0v) is 23.9. The molecule has 0 spiro atoms. The summed E-state index contributed by atoms with van der Waals surface area (Å²) >= 11 is 0. The van der Waals surface area contributed by atoms with Gasteiger partial charge in [-0.2, -0.15) is 0 Å². The van der Waals surface area contributed by atoms with Crippen molar-refractivity contribution in [2.24, 2.45) is 0 Å². The highest BCUT2D eigenvalue weighted by molar-refractivity contribution is 6.62. The normalized spacial score (nSPS) is 13.0. The summed E-state index contributed by atoms with van der Waals surface area (Å²) in [6, 6.07) is 0. The first-order chi connectivity index (χ1) is 15.7. The van der Waals surface area contributed by atoms with Crippen LogP contribution in [-0.4, -0.2) is 30.1 Å². The number of hydrogen-bond acceptors (Lipinski definition) is 3. The first-order valence-corrected chi connectivity index (χ1v) is 16.2. The molecule has 4 heteroatoms. The first-order valence-electron chi connectivity index (χ1n) is 14.4. The second-order valence-corrected chi connectivity index (χ2v) is 13.1. The van der Waals surface area contributed by atoms with Crippen LogP contribution in [0.25, 0.3) is 0 Å². The van der Waals surface area contributed by atoms with Crippen molar-refractivity contribution >= 4 is 8.80 Å². The average molecular weight is 473 g/mol. The molecule has 0 fully saturated rings.